The molecule has 1 aliphatic heterocycles. The standard InChI is InChI=1S/C9H15N3O4/c1-6-8(15)12(4-2-3-10,5-7(13)14)9(16)11-6/h6H,2-5,10H2,1H3,(H-,11,13,14,16)/p+1. The van der Waals surface area contributed by atoms with E-state index in [4.69, 9.17) is 10.8 Å². The molecular weight excluding hydrogens is 214 g/mol. The van der Waals surface area contributed by atoms with Gasteiger partial charge in [0.05, 0.1) is 6.54 Å². The fourth-order valence-corrected chi connectivity index (χ4v) is 1.87. The molecule has 90 valence electrons. The second-order valence-corrected chi connectivity index (χ2v) is 3.89. The largest absolute Gasteiger partial charge is 0.477 e. The number of rotatable bonds is 5. The molecule has 7 nitrogen and oxygen atoms in total. The van der Waals surface area contributed by atoms with Gasteiger partial charge in [0.25, 0.3) is 0 Å². The third-order valence-corrected chi connectivity index (χ3v) is 2.67. The third kappa shape index (κ3) is 2.05. The molecule has 0 saturated carbocycles. The molecular formula is C9H16N3O4+. The Morgan fingerprint density at radius 1 is 1.56 bits per heavy atom. The first-order chi connectivity index (χ1) is 7.44. The minimum Gasteiger partial charge on any atom is -0.477 e. The maximum Gasteiger partial charge on any atom is 0.425 e. The van der Waals surface area contributed by atoms with E-state index in [1.807, 2.05) is 0 Å². The summed E-state index contributed by atoms with van der Waals surface area (Å²) in [6, 6.07) is -1.18. The van der Waals surface area contributed by atoms with Gasteiger partial charge in [-0.05, 0) is 13.5 Å². The predicted octanol–water partition coefficient (Wildman–Crippen LogP) is -1.13. The monoisotopic (exact) mass is 230 g/mol. The number of carboxylic acids is 1. The maximum absolute atomic E-state index is 11.9. The van der Waals surface area contributed by atoms with Crippen molar-refractivity contribution in [2.45, 2.75) is 19.4 Å². The van der Waals surface area contributed by atoms with Crippen LogP contribution in [0.2, 0.25) is 0 Å². The fraction of sp³-hybridized carbons (Fsp3) is 0.667. The van der Waals surface area contributed by atoms with E-state index in [1.165, 1.54) is 0 Å². The number of hydrogen-bond acceptors (Lipinski definition) is 4. The Labute approximate surface area is 92.8 Å². The number of urea groups is 1. The molecule has 2 unspecified atom stereocenters. The zero-order chi connectivity index (χ0) is 12.3. The van der Waals surface area contributed by atoms with Gasteiger partial charge in [0.15, 0.2) is 6.54 Å². The molecule has 0 aromatic rings. The highest BCUT2D eigenvalue weighted by molar-refractivity contribution is 5.95. The molecule has 1 saturated heterocycles. The van der Waals surface area contributed by atoms with Gasteiger partial charge in [0.1, 0.15) is 6.04 Å². The summed E-state index contributed by atoms with van der Waals surface area (Å²) in [6.07, 6.45) is 0.430. The summed E-state index contributed by atoms with van der Waals surface area (Å²) in [4.78, 5) is 34.3. The first kappa shape index (κ1) is 12.6. The fourth-order valence-electron chi connectivity index (χ4n) is 1.87. The summed E-state index contributed by atoms with van der Waals surface area (Å²) in [7, 11) is 0. The van der Waals surface area contributed by atoms with Crippen molar-refractivity contribution in [2.24, 2.45) is 5.73 Å². The molecule has 0 bridgehead atoms. The van der Waals surface area contributed by atoms with Crippen molar-refractivity contribution in [1.29, 1.82) is 0 Å². The summed E-state index contributed by atoms with van der Waals surface area (Å²) in [5.41, 5.74) is 5.32. The van der Waals surface area contributed by atoms with Gasteiger partial charge in [0, 0.05) is 6.42 Å². The van der Waals surface area contributed by atoms with Crippen molar-refractivity contribution >= 4 is 17.9 Å². The molecule has 0 aliphatic carbocycles. The van der Waals surface area contributed by atoms with E-state index in [9.17, 15) is 14.4 Å². The number of aliphatic carboxylic acids is 1. The van der Waals surface area contributed by atoms with Crippen LogP contribution >= 0.6 is 0 Å². The lowest BCUT2D eigenvalue weighted by Crippen LogP contribution is -2.57. The Balaban J connectivity index is 2.97. The highest BCUT2D eigenvalue weighted by atomic mass is 16.4. The van der Waals surface area contributed by atoms with Gasteiger partial charge < -0.3 is 10.8 Å². The lowest BCUT2D eigenvalue weighted by atomic mass is 10.2. The van der Waals surface area contributed by atoms with Crippen LogP contribution in [0, 0.1) is 0 Å². The van der Waals surface area contributed by atoms with E-state index in [2.05, 4.69) is 5.32 Å². The molecule has 0 spiro atoms. The molecule has 2 atom stereocenters. The van der Waals surface area contributed by atoms with Crippen LogP contribution in [0.15, 0.2) is 0 Å². The molecule has 1 fully saturated rings. The number of carboxylic acid groups (broad SMARTS) is 1. The lowest BCUT2D eigenvalue weighted by molar-refractivity contribution is -0.760. The number of nitrogens with one attached hydrogen (secondary N) is 1. The number of carbonyl (C=O) groups is 3. The van der Waals surface area contributed by atoms with Crippen LogP contribution in [0.1, 0.15) is 13.3 Å². The normalized spacial score (nSPS) is 29.2. The number of nitrogens with two attached hydrogens (primary N) is 1. The van der Waals surface area contributed by atoms with E-state index in [0.717, 1.165) is 0 Å². The molecule has 16 heavy (non-hydrogen) atoms. The predicted molar refractivity (Wildman–Crippen MR) is 54.3 cm³/mol. The van der Waals surface area contributed by atoms with Crippen molar-refractivity contribution in [3.63, 3.8) is 0 Å². The van der Waals surface area contributed by atoms with Crippen molar-refractivity contribution in [1.82, 2.24) is 5.32 Å². The smallest absolute Gasteiger partial charge is 0.425 e. The van der Waals surface area contributed by atoms with E-state index >= 15 is 0 Å². The molecule has 4 N–H and O–H groups in total. The number of amides is 3. The van der Waals surface area contributed by atoms with Crippen molar-refractivity contribution < 1.29 is 24.0 Å². The van der Waals surface area contributed by atoms with Crippen LogP contribution in [0.4, 0.5) is 4.79 Å². The van der Waals surface area contributed by atoms with Gasteiger partial charge in [-0.15, -0.1) is 0 Å². The van der Waals surface area contributed by atoms with Gasteiger partial charge in [-0.2, -0.15) is 4.48 Å². The van der Waals surface area contributed by atoms with Crippen LogP contribution < -0.4 is 11.1 Å². The first-order valence-corrected chi connectivity index (χ1v) is 5.08. The SMILES string of the molecule is CC1NC(=O)[N+](CCCN)(CC(=O)O)C1=O. The highest BCUT2D eigenvalue weighted by Crippen LogP contribution is 2.18. The van der Waals surface area contributed by atoms with Gasteiger partial charge >= 0.3 is 17.9 Å². The van der Waals surface area contributed by atoms with Crippen LogP contribution in [0.25, 0.3) is 0 Å². The second kappa shape index (κ2) is 4.58. The number of nitrogens with zero attached hydrogens (tertiary/aromatic N) is 1. The average molecular weight is 230 g/mol. The Hall–Kier alpha value is -1.47. The van der Waals surface area contributed by atoms with Gasteiger partial charge in [-0.1, -0.05) is 0 Å². The number of carbonyl (C=O) groups excluding carboxylic acids is 2. The van der Waals surface area contributed by atoms with Crippen molar-refractivity contribution in [2.75, 3.05) is 19.6 Å². The molecule has 3 amide bonds. The minimum absolute atomic E-state index is 0.137. The summed E-state index contributed by atoms with van der Waals surface area (Å²) < 4.78 is -0.673. The van der Waals surface area contributed by atoms with Crippen LogP contribution in [0.3, 0.4) is 0 Å². The molecule has 0 radical (unpaired) electrons. The lowest BCUT2D eigenvalue weighted by Gasteiger charge is -2.25. The van der Waals surface area contributed by atoms with Crippen molar-refractivity contribution in [3.05, 3.63) is 0 Å². The number of quaternary nitrogens is 1. The molecule has 0 aromatic heterocycles. The second-order valence-electron chi connectivity index (χ2n) is 3.89. The number of hydrogen-bond donors (Lipinski definition) is 3. The maximum atomic E-state index is 11.9. The van der Waals surface area contributed by atoms with E-state index in [1.54, 1.807) is 6.92 Å². The zero-order valence-electron chi connectivity index (χ0n) is 9.10. The quantitative estimate of drug-likeness (QED) is 0.409. The first-order valence-electron chi connectivity index (χ1n) is 5.08. The Bertz CT molecular complexity index is 331. The number of imide groups is 1. The Kier molecular flexibility index (Phi) is 3.61. The van der Waals surface area contributed by atoms with Crippen LogP contribution in [0.5, 0.6) is 0 Å². The van der Waals surface area contributed by atoms with Crippen molar-refractivity contribution in [3.8, 4) is 0 Å². The van der Waals surface area contributed by atoms with E-state index in [0.29, 0.717) is 13.0 Å². The molecule has 1 heterocycles. The van der Waals surface area contributed by atoms with Gasteiger partial charge in [-0.25, -0.2) is 14.4 Å². The summed E-state index contributed by atoms with van der Waals surface area (Å²) >= 11 is 0. The average Bonchev–Trinajstić information content (AvgIpc) is 2.40. The van der Waals surface area contributed by atoms with Gasteiger partial charge in [0.2, 0.25) is 0 Å². The van der Waals surface area contributed by atoms with Crippen LogP contribution in [-0.4, -0.2) is 53.2 Å². The molecule has 1 aliphatic rings. The zero-order valence-corrected chi connectivity index (χ0v) is 9.10. The summed E-state index contributed by atoms with van der Waals surface area (Å²) in [6.45, 7) is 1.48. The Morgan fingerprint density at radius 2 is 2.19 bits per heavy atom. The Morgan fingerprint density at radius 3 is 2.56 bits per heavy atom. The topological polar surface area (TPSA) is 109 Å². The van der Waals surface area contributed by atoms with Gasteiger partial charge in [-0.3, -0.25) is 5.32 Å². The molecule has 1 rings (SSSR count). The molecule has 0 aromatic carbocycles. The minimum atomic E-state index is -1.17. The summed E-state index contributed by atoms with van der Waals surface area (Å²) in [5, 5.41) is 11.2. The molecule has 7 heteroatoms. The van der Waals surface area contributed by atoms with E-state index < -0.39 is 35.0 Å². The highest BCUT2D eigenvalue weighted by Gasteiger charge is 2.54. The third-order valence-electron chi connectivity index (χ3n) is 2.67. The van der Waals surface area contributed by atoms with Crippen LogP contribution in [-0.2, 0) is 9.59 Å². The summed E-state index contributed by atoms with van der Waals surface area (Å²) in [5.74, 6) is -1.57. The van der Waals surface area contributed by atoms with E-state index in [-0.39, 0.29) is 6.54 Å².